The van der Waals surface area contributed by atoms with Crippen LogP contribution in [0.15, 0.2) is 53.4 Å². The predicted molar refractivity (Wildman–Crippen MR) is 105 cm³/mol. The van der Waals surface area contributed by atoms with Gasteiger partial charge < -0.3 is 9.47 Å². The van der Waals surface area contributed by atoms with Gasteiger partial charge in [-0.25, -0.2) is 0 Å². The standard InChI is InChI=1S/C19H17NO3S2/c1-3-20-18(21)17(25-19(20)24)12-13-5-4-6-16(11-13)23-15-9-7-14(22-2)8-10-15/h4-12H,3H2,1-2H3/b17-12-. The van der Waals surface area contributed by atoms with Crippen LogP contribution in [-0.2, 0) is 4.79 Å². The van der Waals surface area contributed by atoms with Gasteiger partial charge in [0.05, 0.1) is 12.0 Å². The summed E-state index contributed by atoms with van der Waals surface area (Å²) < 4.78 is 11.6. The van der Waals surface area contributed by atoms with E-state index in [2.05, 4.69) is 0 Å². The first-order valence-electron chi connectivity index (χ1n) is 7.78. The molecule has 0 aliphatic carbocycles. The van der Waals surface area contributed by atoms with Crippen molar-refractivity contribution in [3.63, 3.8) is 0 Å². The molecule has 0 N–H and O–H groups in total. The molecule has 1 fully saturated rings. The Labute approximate surface area is 156 Å². The number of ether oxygens (including phenoxy) is 2. The predicted octanol–water partition coefficient (Wildman–Crippen LogP) is 4.71. The van der Waals surface area contributed by atoms with Gasteiger partial charge in [0, 0.05) is 6.54 Å². The number of thioether (sulfide) groups is 1. The van der Waals surface area contributed by atoms with E-state index in [1.54, 1.807) is 12.0 Å². The molecule has 2 aromatic carbocycles. The average Bonchev–Trinajstić information content (AvgIpc) is 2.89. The van der Waals surface area contributed by atoms with Crippen LogP contribution < -0.4 is 9.47 Å². The summed E-state index contributed by atoms with van der Waals surface area (Å²) in [4.78, 5) is 14.5. The second-order valence-electron chi connectivity index (χ2n) is 5.28. The Kier molecular flexibility index (Phi) is 5.40. The number of benzene rings is 2. The summed E-state index contributed by atoms with van der Waals surface area (Å²) in [6, 6.07) is 15.0. The Morgan fingerprint density at radius 3 is 2.48 bits per heavy atom. The van der Waals surface area contributed by atoms with E-state index in [0.29, 0.717) is 21.5 Å². The van der Waals surface area contributed by atoms with E-state index in [4.69, 9.17) is 21.7 Å². The fraction of sp³-hybridized carbons (Fsp3) is 0.158. The quantitative estimate of drug-likeness (QED) is 0.562. The largest absolute Gasteiger partial charge is 0.497 e. The van der Waals surface area contributed by atoms with Gasteiger partial charge in [0.2, 0.25) is 0 Å². The maximum Gasteiger partial charge on any atom is 0.266 e. The maximum atomic E-state index is 12.3. The van der Waals surface area contributed by atoms with Crippen molar-refractivity contribution in [2.45, 2.75) is 6.92 Å². The van der Waals surface area contributed by atoms with E-state index in [9.17, 15) is 4.79 Å². The zero-order chi connectivity index (χ0) is 17.8. The second-order valence-corrected chi connectivity index (χ2v) is 6.95. The van der Waals surface area contributed by atoms with Gasteiger partial charge in [-0.1, -0.05) is 36.1 Å². The van der Waals surface area contributed by atoms with Gasteiger partial charge in [0.1, 0.15) is 21.6 Å². The number of carbonyl (C=O) groups excluding carboxylic acids is 1. The first-order valence-corrected chi connectivity index (χ1v) is 9.00. The molecule has 1 heterocycles. The third kappa shape index (κ3) is 4.03. The number of methoxy groups -OCH3 is 1. The zero-order valence-corrected chi connectivity index (χ0v) is 15.5. The lowest BCUT2D eigenvalue weighted by Gasteiger charge is -2.09. The van der Waals surface area contributed by atoms with E-state index < -0.39 is 0 Å². The lowest BCUT2D eigenvalue weighted by Crippen LogP contribution is -2.27. The van der Waals surface area contributed by atoms with Crippen LogP contribution in [0.4, 0.5) is 0 Å². The summed E-state index contributed by atoms with van der Waals surface area (Å²) in [5.74, 6) is 2.15. The third-order valence-electron chi connectivity index (χ3n) is 3.64. The van der Waals surface area contributed by atoms with Crippen molar-refractivity contribution in [2.24, 2.45) is 0 Å². The van der Waals surface area contributed by atoms with Gasteiger partial charge in [-0.15, -0.1) is 0 Å². The summed E-state index contributed by atoms with van der Waals surface area (Å²) in [7, 11) is 1.63. The van der Waals surface area contributed by atoms with Crippen molar-refractivity contribution in [1.82, 2.24) is 4.90 Å². The number of rotatable bonds is 5. The van der Waals surface area contributed by atoms with Crippen molar-refractivity contribution in [3.8, 4) is 17.2 Å². The van der Waals surface area contributed by atoms with Gasteiger partial charge in [-0.2, -0.15) is 0 Å². The maximum absolute atomic E-state index is 12.3. The molecule has 1 amide bonds. The number of thiocarbonyl (C=S) groups is 1. The van der Waals surface area contributed by atoms with E-state index in [1.807, 2.05) is 61.5 Å². The lowest BCUT2D eigenvalue weighted by molar-refractivity contribution is -0.121. The molecule has 0 unspecified atom stereocenters. The van der Waals surface area contributed by atoms with Crippen LogP contribution in [0.3, 0.4) is 0 Å². The molecule has 3 rings (SSSR count). The number of amides is 1. The van der Waals surface area contributed by atoms with Crippen LogP contribution >= 0.6 is 24.0 Å². The average molecular weight is 371 g/mol. The lowest BCUT2D eigenvalue weighted by atomic mass is 10.2. The summed E-state index contributed by atoms with van der Waals surface area (Å²) in [6.45, 7) is 2.50. The van der Waals surface area contributed by atoms with Crippen molar-refractivity contribution in [2.75, 3.05) is 13.7 Å². The molecule has 0 saturated carbocycles. The minimum atomic E-state index is -0.0426. The normalized spacial score (nSPS) is 15.8. The Hall–Kier alpha value is -2.31. The molecule has 0 atom stereocenters. The summed E-state index contributed by atoms with van der Waals surface area (Å²) in [6.07, 6.45) is 1.84. The smallest absolute Gasteiger partial charge is 0.266 e. The highest BCUT2D eigenvalue weighted by Crippen LogP contribution is 2.33. The molecule has 1 aliphatic heterocycles. The molecule has 128 valence electrons. The molecular formula is C19H17NO3S2. The summed E-state index contributed by atoms with van der Waals surface area (Å²) in [5.41, 5.74) is 0.891. The van der Waals surface area contributed by atoms with Crippen molar-refractivity contribution in [3.05, 3.63) is 59.0 Å². The molecule has 2 aromatic rings. The van der Waals surface area contributed by atoms with Gasteiger partial charge in [0.15, 0.2) is 0 Å². The molecule has 0 radical (unpaired) electrons. The molecule has 4 nitrogen and oxygen atoms in total. The molecule has 6 heteroatoms. The first kappa shape index (κ1) is 17.5. The first-order chi connectivity index (χ1) is 12.1. The SMILES string of the molecule is CCN1C(=O)/C(=C/c2cccc(Oc3ccc(OC)cc3)c2)SC1=S. The van der Waals surface area contributed by atoms with Crippen LogP contribution in [0.5, 0.6) is 17.2 Å². The molecule has 0 bridgehead atoms. The Balaban J connectivity index is 1.78. The van der Waals surface area contributed by atoms with E-state index in [-0.39, 0.29) is 5.91 Å². The molecule has 0 spiro atoms. The summed E-state index contributed by atoms with van der Waals surface area (Å²) in [5, 5.41) is 0. The highest BCUT2D eigenvalue weighted by Gasteiger charge is 2.30. The Bertz CT molecular complexity index is 831. The van der Waals surface area contributed by atoms with Crippen molar-refractivity contribution < 1.29 is 14.3 Å². The molecular weight excluding hydrogens is 354 g/mol. The Morgan fingerprint density at radius 2 is 1.84 bits per heavy atom. The van der Waals surface area contributed by atoms with Gasteiger partial charge in [-0.3, -0.25) is 9.69 Å². The third-order valence-corrected chi connectivity index (χ3v) is 5.02. The van der Waals surface area contributed by atoms with E-state index >= 15 is 0 Å². The van der Waals surface area contributed by atoms with Crippen LogP contribution in [0, 0.1) is 0 Å². The van der Waals surface area contributed by atoms with Crippen LogP contribution in [0.2, 0.25) is 0 Å². The Morgan fingerprint density at radius 1 is 1.12 bits per heavy atom. The van der Waals surface area contributed by atoms with Crippen LogP contribution in [-0.4, -0.2) is 28.8 Å². The zero-order valence-electron chi connectivity index (χ0n) is 13.9. The van der Waals surface area contributed by atoms with Gasteiger partial charge >= 0.3 is 0 Å². The topological polar surface area (TPSA) is 38.8 Å². The fourth-order valence-corrected chi connectivity index (χ4v) is 3.76. The monoisotopic (exact) mass is 371 g/mol. The number of hydrogen-bond donors (Lipinski definition) is 0. The van der Waals surface area contributed by atoms with E-state index in [1.165, 1.54) is 11.8 Å². The van der Waals surface area contributed by atoms with Gasteiger partial charge in [-0.05, 0) is 55.0 Å². The fourth-order valence-electron chi connectivity index (χ4n) is 2.37. The number of carbonyl (C=O) groups is 1. The highest BCUT2D eigenvalue weighted by atomic mass is 32.2. The number of likely N-dealkylation sites (N-methyl/N-ethyl adjacent to an activating group) is 1. The second kappa shape index (κ2) is 7.72. The van der Waals surface area contributed by atoms with Crippen LogP contribution in [0.25, 0.3) is 6.08 Å². The minimum absolute atomic E-state index is 0.0426. The highest BCUT2D eigenvalue weighted by molar-refractivity contribution is 8.26. The summed E-state index contributed by atoms with van der Waals surface area (Å²) >= 11 is 6.56. The van der Waals surface area contributed by atoms with Crippen molar-refractivity contribution >= 4 is 40.3 Å². The molecule has 1 aliphatic rings. The number of nitrogens with zero attached hydrogens (tertiary/aromatic N) is 1. The minimum Gasteiger partial charge on any atom is -0.497 e. The van der Waals surface area contributed by atoms with Crippen molar-refractivity contribution in [1.29, 1.82) is 0 Å². The van der Waals surface area contributed by atoms with Gasteiger partial charge in [0.25, 0.3) is 5.91 Å². The number of hydrogen-bond acceptors (Lipinski definition) is 5. The molecule has 0 aromatic heterocycles. The van der Waals surface area contributed by atoms with E-state index in [0.717, 1.165) is 17.1 Å². The molecule has 1 saturated heterocycles. The van der Waals surface area contributed by atoms with Crippen LogP contribution in [0.1, 0.15) is 12.5 Å². The molecule has 25 heavy (non-hydrogen) atoms.